The van der Waals surface area contributed by atoms with E-state index < -0.39 is 11.9 Å². The minimum atomic E-state index is -1.27. The van der Waals surface area contributed by atoms with Crippen molar-refractivity contribution in [3.63, 3.8) is 0 Å². The highest BCUT2D eigenvalue weighted by molar-refractivity contribution is 6.22. The van der Waals surface area contributed by atoms with Crippen LogP contribution in [0.15, 0.2) is 34.3 Å². The summed E-state index contributed by atoms with van der Waals surface area (Å²) in [6.45, 7) is 0. The average Bonchev–Trinajstić information content (AvgIpc) is 2.75. The number of carboxylic acids is 2. The fourth-order valence-electron chi connectivity index (χ4n) is 2.50. The van der Waals surface area contributed by atoms with Crippen molar-refractivity contribution in [2.75, 3.05) is 0 Å². The Kier molecular flexibility index (Phi) is 2.41. The van der Waals surface area contributed by atoms with Crippen LogP contribution in [0.25, 0.3) is 16.5 Å². The number of para-hydroxylation sites is 1. The van der Waals surface area contributed by atoms with E-state index in [1.54, 1.807) is 12.1 Å². The van der Waals surface area contributed by atoms with Crippen LogP contribution in [0.1, 0.15) is 17.7 Å². The van der Waals surface area contributed by atoms with Crippen LogP contribution >= 0.6 is 0 Å². The van der Waals surface area contributed by atoms with Gasteiger partial charge in [0.1, 0.15) is 16.9 Å². The van der Waals surface area contributed by atoms with E-state index in [0.29, 0.717) is 12.0 Å². The van der Waals surface area contributed by atoms with Gasteiger partial charge in [-0.25, -0.2) is 9.59 Å². The molecule has 0 spiro atoms. The maximum Gasteiger partial charge on any atom is 0.340 e. The SMILES string of the molecule is O=C(O)C1=C(C(=O)O)c2oc3ccccc3c2CC1. The fraction of sp³-hybridized carbons (Fsp3) is 0.143. The molecule has 0 atom stereocenters. The molecule has 1 aliphatic carbocycles. The Balaban J connectivity index is 2.34. The van der Waals surface area contributed by atoms with Gasteiger partial charge in [-0.15, -0.1) is 0 Å². The number of benzene rings is 1. The van der Waals surface area contributed by atoms with Crippen LogP contribution in [0.2, 0.25) is 0 Å². The summed E-state index contributed by atoms with van der Waals surface area (Å²) in [6, 6.07) is 7.23. The zero-order valence-electron chi connectivity index (χ0n) is 9.84. The van der Waals surface area contributed by atoms with Crippen molar-refractivity contribution in [3.8, 4) is 0 Å². The van der Waals surface area contributed by atoms with Gasteiger partial charge in [0.2, 0.25) is 0 Å². The Morgan fingerprint density at radius 1 is 1.05 bits per heavy atom. The minimum absolute atomic E-state index is 0.0981. The highest BCUT2D eigenvalue weighted by atomic mass is 16.4. The summed E-state index contributed by atoms with van der Waals surface area (Å²) in [5, 5.41) is 19.2. The van der Waals surface area contributed by atoms with E-state index in [4.69, 9.17) is 9.52 Å². The molecule has 0 radical (unpaired) electrons. The van der Waals surface area contributed by atoms with Gasteiger partial charge in [-0.2, -0.15) is 0 Å². The van der Waals surface area contributed by atoms with E-state index in [0.717, 1.165) is 10.9 Å². The van der Waals surface area contributed by atoms with E-state index >= 15 is 0 Å². The zero-order chi connectivity index (χ0) is 13.6. The third-order valence-electron chi connectivity index (χ3n) is 3.32. The number of furan rings is 1. The molecule has 0 amide bonds. The topological polar surface area (TPSA) is 87.7 Å². The van der Waals surface area contributed by atoms with Crippen LogP contribution in [0.5, 0.6) is 0 Å². The van der Waals surface area contributed by atoms with Crippen LogP contribution in [0.4, 0.5) is 0 Å². The predicted molar refractivity (Wildman–Crippen MR) is 66.7 cm³/mol. The Morgan fingerprint density at radius 2 is 1.79 bits per heavy atom. The van der Waals surface area contributed by atoms with Crippen molar-refractivity contribution < 1.29 is 24.2 Å². The number of carbonyl (C=O) groups is 2. The van der Waals surface area contributed by atoms with Crippen LogP contribution in [0.3, 0.4) is 0 Å². The number of rotatable bonds is 2. The summed E-state index contributed by atoms with van der Waals surface area (Å²) in [5.74, 6) is -2.29. The third-order valence-corrected chi connectivity index (χ3v) is 3.32. The van der Waals surface area contributed by atoms with Gasteiger partial charge in [-0.1, -0.05) is 18.2 Å². The fourth-order valence-corrected chi connectivity index (χ4v) is 2.50. The summed E-state index contributed by atoms with van der Waals surface area (Å²) in [7, 11) is 0. The van der Waals surface area contributed by atoms with Crippen molar-refractivity contribution in [2.24, 2.45) is 0 Å². The smallest absolute Gasteiger partial charge is 0.340 e. The van der Waals surface area contributed by atoms with E-state index in [2.05, 4.69) is 0 Å². The van der Waals surface area contributed by atoms with E-state index in [9.17, 15) is 14.7 Å². The summed E-state index contributed by atoms with van der Waals surface area (Å²) in [4.78, 5) is 22.5. The Bertz CT molecular complexity index is 735. The Labute approximate surface area is 107 Å². The summed E-state index contributed by atoms with van der Waals surface area (Å²) >= 11 is 0. The summed E-state index contributed by atoms with van der Waals surface area (Å²) < 4.78 is 5.54. The second kappa shape index (κ2) is 3.98. The van der Waals surface area contributed by atoms with Crippen molar-refractivity contribution in [1.82, 2.24) is 0 Å². The highest BCUT2D eigenvalue weighted by Gasteiger charge is 2.32. The highest BCUT2D eigenvalue weighted by Crippen LogP contribution is 2.38. The van der Waals surface area contributed by atoms with Crippen LogP contribution in [-0.2, 0) is 16.0 Å². The summed E-state index contributed by atoms with van der Waals surface area (Å²) in [5.41, 5.74) is 1.03. The molecule has 5 heteroatoms. The molecule has 1 heterocycles. The molecule has 2 aromatic rings. The van der Waals surface area contributed by atoms with Crippen molar-refractivity contribution in [1.29, 1.82) is 0 Å². The monoisotopic (exact) mass is 258 g/mol. The summed E-state index contributed by atoms with van der Waals surface area (Å²) in [6.07, 6.45) is 0.679. The van der Waals surface area contributed by atoms with E-state index in [-0.39, 0.29) is 23.3 Å². The van der Waals surface area contributed by atoms with Crippen LogP contribution in [-0.4, -0.2) is 22.2 Å². The molecular formula is C14H10O5. The standard InChI is InChI=1S/C14H10O5/c15-13(16)9-6-5-8-7-3-1-2-4-10(7)19-12(8)11(9)14(17)18/h1-4H,5-6H2,(H,15,16)(H,17,18). The van der Waals surface area contributed by atoms with E-state index in [1.165, 1.54) is 0 Å². The lowest BCUT2D eigenvalue weighted by Gasteiger charge is -2.13. The molecule has 0 fully saturated rings. The van der Waals surface area contributed by atoms with Gasteiger partial charge >= 0.3 is 11.9 Å². The van der Waals surface area contributed by atoms with Gasteiger partial charge in [0, 0.05) is 10.9 Å². The lowest BCUT2D eigenvalue weighted by atomic mass is 9.89. The van der Waals surface area contributed by atoms with Gasteiger partial charge in [0.15, 0.2) is 0 Å². The number of carboxylic acid groups (broad SMARTS) is 2. The molecule has 5 nitrogen and oxygen atoms in total. The molecule has 96 valence electrons. The normalized spacial score (nSPS) is 14.5. The lowest BCUT2D eigenvalue weighted by molar-refractivity contribution is -0.134. The Hall–Kier alpha value is -2.56. The Morgan fingerprint density at radius 3 is 2.47 bits per heavy atom. The van der Waals surface area contributed by atoms with Gasteiger partial charge < -0.3 is 14.6 Å². The maximum absolute atomic E-state index is 11.3. The molecule has 1 aliphatic rings. The molecule has 1 aromatic heterocycles. The molecule has 0 unspecified atom stereocenters. The number of hydrogen-bond donors (Lipinski definition) is 2. The minimum Gasteiger partial charge on any atom is -0.478 e. The average molecular weight is 258 g/mol. The third kappa shape index (κ3) is 1.62. The lowest BCUT2D eigenvalue weighted by Crippen LogP contribution is -2.15. The van der Waals surface area contributed by atoms with Gasteiger partial charge in [-0.3, -0.25) is 0 Å². The zero-order valence-corrected chi connectivity index (χ0v) is 9.84. The molecule has 0 bridgehead atoms. The van der Waals surface area contributed by atoms with Crippen molar-refractivity contribution in [3.05, 3.63) is 41.2 Å². The first-order chi connectivity index (χ1) is 9.09. The predicted octanol–water partition coefficient (Wildman–Crippen LogP) is 2.30. The molecule has 2 N–H and O–H groups in total. The van der Waals surface area contributed by atoms with Crippen molar-refractivity contribution >= 4 is 28.5 Å². The van der Waals surface area contributed by atoms with Crippen LogP contribution < -0.4 is 0 Å². The molecular weight excluding hydrogens is 248 g/mol. The van der Waals surface area contributed by atoms with Gasteiger partial charge in [0.05, 0.1) is 5.57 Å². The first-order valence-electron chi connectivity index (χ1n) is 5.80. The van der Waals surface area contributed by atoms with Crippen molar-refractivity contribution in [2.45, 2.75) is 12.8 Å². The number of aliphatic carboxylic acids is 2. The first kappa shape index (κ1) is 11.5. The molecule has 0 aliphatic heterocycles. The number of hydrogen-bond acceptors (Lipinski definition) is 3. The maximum atomic E-state index is 11.3. The quantitative estimate of drug-likeness (QED) is 0.862. The first-order valence-corrected chi connectivity index (χ1v) is 5.80. The molecule has 0 saturated heterocycles. The van der Waals surface area contributed by atoms with E-state index in [1.807, 2.05) is 12.1 Å². The van der Waals surface area contributed by atoms with Crippen LogP contribution in [0, 0.1) is 0 Å². The number of fused-ring (bicyclic) bond motifs is 3. The molecule has 1 aromatic carbocycles. The second-order valence-corrected chi connectivity index (χ2v) is 4.37. The molecule has 3 rings (SSSR count). The molecule has 0 saturated carbocycles. The number of aryl methyl sites for hydroxylation is 1. The molecule has 19 heavy (non-hydrogen) atoms. The largest absolute Gasteiger partial charge is 0.478 e. The van der Waals surface area contributed by atoms with Gasteiger partial charge in [0.25, 0.3) is 0 Å². The van der Waals surface area contributed by atoms with Gasteiger partial charge in [-0.05, 0) is 18.9 Å². The second-order valence-electron chi connectivity index (χ2n) is 4.37.